The number of carbonyl (C=O) groups excluding carboxylic acids is 1. The lowest BCUT2D eigenvalue weighted by Gasteiger charge is -2.42. The zero-order chi connectivity index (χ0) is 14.6. The molecule has 1 aliphatic heterocycles. The molecule has 0 atom stereocenters. The van der Waals surface area contributed by atoms with Crippen LogP contribution in [0.3, 0.4) is 0 Å². The van der Waals surface area contributed by atoms with E-state index in [4.69, 9.17) is 0 Å². The van der Waals surface area contributed by atoms with E-state index in [1.54, 1.807) is 0 Å². The van der Waals surface area contributed by atoms with Crippen molar-refractivity contribution >= 4 is 12.0 Å². The second-order valence-electron chi connectivity index (χ2n) is 5.85. The number of rotatable bonds is 5. The number of carbonyl (C=O) groups is 2. The molecular weight excluding hydrogens is 258 g/mol. The predicted molar refractivity (Wildman–Crippen MR) is 75.6 cm³/mol. The highest BCUT2D eigenvalue weighted by Crippen LogP contribution is 2.32. The van der Waals surface area contributed by atoms with Crippen LogP contribution < -0.4 is 10.6 Å². The number of piperidine rings is 1. The maximum atomic E-state index is 12.5. The van der Waals surface area contributed by atoms with E-state index in [2.05, 4.69) is 10.6 Å². The summed E-state index contributed by atoms with van der Waals surface area (Å²) in [4.78, 5) is 25.7. The second kappa shape index (κ2) is 6.43. The molecule has 0 aromatic rings. The van der Waals surface area contributed by atoms with Crippen LogP contribution in [0.1, 0.15) is 45.4 Å². The standard InChI is InChI=1S/C14H25N3O3/c1-2-10-17(11-4-8-15-9-5-11)13(20)16-14(12(18)19)6-3-7-14/h11,15H,2-10H2,1H3,(H,16,20)(H,18,19). The van der Waals surface area contributed by atoms with Gasteiger partial charge in [0, 0.05) is 12.6 Å². The average molecular weight is 283 g/mol. The van der Waals surface area contributed by atoms with E-state index in [9.17, 15) is 14.7 Å². The smallest absolute Gasteiger partial charge is 0.329 e. The highest BCUT2D eigenvalue weighted by Gasteiger charge is 2.46. The predicted octanol–water partition coefficient (Wildman–Crippen LogP) is 1.17. The summed E-state index contributed by atoms with van der Waals surface area (Å²) in [6.45, 7) is 4.56. The normalized spacial score (nSPS) is 21.9. The van der Waals surface area contributed by atoms with Gasteiger partial charge in [-0.1, -0.05) is 6.92 Å². The van der Waals surface area contributed by atoms with Gasteiger partial charge in [0.05, 0.1) is 0 Å². The van der Waals surface area contributed by atoms with Crippen LogP contribution in [0.15, 0.2) is 0 Å². The first-order valence-electron chi connectivity index (χ1n) is 7.62. The van der Waals surface area contributed by atoms with Crippen LogP contribution in [0, 0.1) is 0 Å². The van der Waals surface area contributed by atoms with Crippen LogP contribution in [-0.4, -0.2) is 53.2 Å². The van der Waals surface area contributed by atoms with Crippen LogP contribution in [0.4, 0.5) is 4.79 Å². The molecule has 114 valence electrons. The van der Waals surface area contributed by atoms with Crippen LogP contribution in [0.25, 0.3) is 0 Å². The maximum Gasteiger partial charge on any atom is 0.329 e. The van der Waals surface area contributed by atoms with E-state index in [0.717, 1.165) is 38.8 Å². The molecule has 2 rings (SSSR count). The van der Waals surface area contributed by atoms with Gasteiger partial charge >= 0.3 is 12.0 Å². The minimum atomic E-state index is -1.02. The van der Waals surface area contributed by atoms with E-state index in [1.165, 1.54) is 0 Å². The Bertz CT molecular complexity index is 363. The van der Waals surface area contributed by atoms with Crippen molar-refractivity contribution in [3.05, 3.63) is 0 Å². The number of hydrogen-bond acceptors (Lipinski definition) is 3. The van der Waals surface area contributed by atoms with Gasteiger partial charge in [-0.25, -0.2) is 9.59 Å². The molecule has 20 heavy (non-hydrogen) atoms. The van der Waals surface area contributed by atoms with Gasteiger partial charge in [0.2, 0.25) is 0 Å². The van der Waals surface area contributed by atoms with Gasteiger partial charge in [0.1, 0.15) is 5.54 Å². The Morgan fingerprint density at radius 2 is 2.00 bits per heavy atom. The molecule has 2 aliphatic rings. The summed E-state index contributed by atoms with van der Waals surface area (Å²) in [6, 6.07) is 0.0166. The molecule has 1 aliphatic carbocycles. The molecule has 0 bridgehead atoms. The van der Waals surface area contributed by atoms with Gasteiger partial charge in [0.15, 0.2) is 0 Å². The Hall–Kier alpha value is -1.30. The zero-order valence-electron chi connectivity index (χ0n) is 12.2. The minimum absolute atomic E-state index is 0.208. The molecule has 0 unspecified atom stereocenters. The van der Waals surface area contributed by atoms with Crippen LogP contribution in [0.2, 0.25) is 0 Å². The average Bonchev–Trinajstić information content (AvgIpc) is 2.40. The molecule has 0 spiro atoms. The topological polar surface area (TPSA) is 81.7 Å². The second-order valence-corrected chi connectivity index (χ2v) is 5.85. The SMILES string of the molecule is CCCN(C(=O)NC1(C(=O)O)CCC1)C1CCNCC1. The molecule has 6 heteroatoms. The van der Waals surface area contributed by atoms with Gasteiger partial charge < -0.3 is 20.6 Å². The van der Waals surface area contributed by atoms with Crippen molar-refractivity contribution in [2.24, 2.45) is 0 Å². The fraction of sp³-hybridized carbons (Fsp3) is 0.857. The number of aliphatic carboxylic acids is 1. The number of nitrogens with zero attached hydrogens (tertiary/aromatic N) is 1. The van der Waals surface area contributed by atoms with Gasteiger partial charge in [0.25, 0.3) is 0 Å². The molecule has 3 N–H and O–H groups in total. The van der Waals surface area contributed by atoms with E-state index in [1.807, 2.05) is 11.8 Å². The largest absolute Gasteiger partial charge is 0.480 e. The fourth-order valence-electron chi connectivity index (χ4n) is 3.01. The summed E-state index contributed by atoms with van der Waals surface area (Å²) in [5.41, 5.74) is -1.02. The summed E-state index contributed by atoms with van der Waals surface area (Å²) < 4.78 is 0. The first-order valence-corrected chi connectivity index (χ1v) is 7.62. The van der Waals surface area contributed by atoms with Crippen LogP contribution in [-0.2, 0) is 4.79 Å². The van der Waals surface area contributed by atoms with Crippen LogP contribution >= 0.6 is 0 Å². The molecular formula is C14H25N3O3. The molecule has 2 amide bonds. The molecule has 2 fully saturated rings. The van der Waals surface area contributed by atoms with Crippen molar-refractivity contribution in [2.45, 2.75) is 57.0 Å². The Morgan fingerprint density at radius 3 is 2.45 bits per heavy atom. The lowest BCUT2D eigenvalue weighted by molar-refractivity contribution is -0.148. The molecule has 0 radical (unpaired) electrons. The summed E-state index contributed by atoms with van der Waals surface area (Å²) in [5, 5.41) is 15.4. The first kappa shape index (κ1) is 15.1. The Labute approximate surface area is 119 Å². The van der Waals surface area contributed by atoms with Crippen molar-refractivity contribution in [1.82, 2.24) is 15.5 Å². The first-order chi connectivity index (χ1) is 9.59. The van der Waals surface area contributed by atoms with Crippen LogP contribution in [0.5, 0.6) is 0 Å². The number of hydrogen-bond donors (Lipinski definition) is 3. The van der Waals surface area contributed by atoms with Crippen molar-refractivity contribution in [3.63, 3.8) is 0 Å². The molecule has 1 saturated carbocycles. The number of nitrogens with one attached hydrogen (secondary N) is 2. The van der Waals surface area contributed by atoms with Crippen molar-refractivity contribution < 1.29 is 14.7 Å². The molecule has 1 heterocycles. The summed E-state index contributed by atoms with van der Waals surface area (Å²) in [7, 11) is 0. The maximum absolute atomic E-state index is 12.5. The molecule has 1 saturated heterocycles. The Kier molecular flexibility index (Phi) is 4.86. The lowest BCUT2D eigenvalue weighted by atomic mass is 9.77. The summed E-state index contributed by atoms with van der Waals surface area (Å²) in [5.74, 6) is -0.904. The zero-order valence-corrected chi connectivity index (χ0v) is 12.2. The third-order valence-electron chi connectivity index (χ3n) is 4.44. The lowest BCUT2D eigenvalue weighted by Crippen LogP contribution is -2.63. The number of urea groups is 1. The Morgan fingerprint density at radius 1 is 1.35 bits per heavy atom. The molecule has 6 nitrogen and oxygen atoms in total. The number of carboxylic acid groups (broad SMARTS) is 1. The Balaban J connectivity index is 2.00. The van der Waals surface area contributed by atoms with E-state index in [-0.39, 0.29) is 12.1 Å². The van der Waals surface area contributed by atoms with Gasteiger partial charge in [-0.3, -0.25) is 0 Å². The van der Waals surface area contributed by atoms with E-state index in [0.29, 0.717) is 19.4 Å². The van der Waals surface area contributed by atoms with Gasteiger partial charge in [-0.15, -0.1) is 0 Å². The number of carboxylic acids is 1. The van der Waals surface area contributed by atoms with Crippen molar-refractivity contribution in [3.8, 4) is 0 Å². The van der Waals surface area contributed by atoms with E-state index >= 15 is 0 Å². The summed E-state index contributed by atoms with van der Waals surface area (Å²) >= 11 is 0. The highest BCUT2D eigenvalue weighted by molar-refractivity contribution is 5.87. The van der Waals surface area contributed by atoms with Gasteiger partial charge in [-0.2, -0.15) is 0 Å². The van der Waals surface area contributed by atoms with Crippen molar-refractivity contribution in [2.75, 3.05) is 19.6 Å². The van der Waals surface area contributed by atoms with Gasteiger partial charge in [-0.05, 0) is 51.6 Å². The monoisotopic (exact) mass is 283 g/mol. The third kappa shape index (κ3) is 3.06. The van der Waals surface area contributed by atoms with E-state index < -0.39 is 11.5 Å². The fourth-order valence-corrected chi connectivity index (χ4v) is 3.01. The number of amides is 2. The quantitative estimate of drug-likeness (QED) is 0.707. The molecule has 0 aromatic carbocycles. The highest BCUT2D eigenvalue weighted by atomic mass is 16.4. The van der Waals surface area contributed by atoms with Crippen molar-refractivity contribution in [1.29, 1.82) is 0 Å². The molecule has 0 aromatic heterocycles. The third-order valence-corrected chi connectivity index (χ3v) is 4.44. The summed E-state index contributed by atoms with van der Waals surface area (Å²) in [6.07, 6.45) is 4.71. The minimum Gasteiger partial charge on any atom is -0.480 e.